The van der Waals surface area contributed by atoms with E-state index in [1.165, 1.54) is 11.1 Å². The Morgan fingerprint density at radius 1 is 0.839 bits per heavy atom. The molecule has 0 aromatic heterocycles. The maximum atomic E-state index is 12.7. The molecule has 5 heteroatoms. The van der Waals surface area contributed by atoms with Crippen molar-refractivity contribution in [3.8, 4) is 0 Å². The van der Waals surface area contributed by atoms with E-state index < -0.39 is 12.1 Å². The molecule has 0 saturated carbocycles. The minimum absolute atomic E-state index is 0.151. The van der Waals surface area contributed by atoms with Crippen LogP contribution in [0.1, 0.15) is 36.0 Å². The van der Waals surface area contributed by atoms with E-state index in [1.807, 2.05) is 66.7 Å². The van der Waals surface area contributed by atoms with Crippen LogP contribution in [0.5, 0.6) is 0 Å². The van der Waals surface area contributed by atoms with E-state index in [4.69, 9.17) is 0 Å². The zero-order chi connectivity index (χ0) is 22.1. The van der Waals surface area contributed by atoms with Gasteiger partial charge in [-0.2, -0.15) is 0 Å². The van der Waals surface area contributed by atoms with Gasteiger partial charge in [0.2, 0.25) is 5.91 Å². The number of carbonyl (C=O) groups is 2. The monoisotopic (exact) mass is 416 g/mol. The third-order valence-corrected chi connectivity index (χ3v) is 5.42. The molecule has 5 nitrogen and oxygen atoms in total. The van der Waals surface area contributed by atoms with E-state index in [-0.39, 0.29) is 18.4 Å². The molecular weight excluding hydrogens is 388 g/mol. The number of rotatable bonds is 9. The molecule has 3 aromatic carbocycles. The van der Waals surface area contributed by atoms with E-state index >= 15 is 0 Å². The fraction of sp³-hybridized carbons (Fsp3) is 0.231. The summed E-state index contributed by atoms with van der Waals surface area (Å²) in [5, 5.41) is 12.5. The molecule has 0 spiro atoms. The zero-order valence-electron chi connectivity index (χ0n) is 17.6. The molecule has 3 aromatic rings. The van der Waals surface area contributed by atoms with Gasteiger partial charge in [0.1, 0.15) is 6.04 Å². The van der Waals surface area contributed by atoms with Crippen LogP contribution in [0.3, 0.4) is 0 Å². The highest BCUT2D eigenvalue weighted by Gasteiger charge is 2.26. The predicted molar refractivity (Wildman–Crippen MR) is 122 cm³/mol. The van der Waals surface area contributed by atoms with Crippen LogP contribution in [0.2, 0.25) is 0 Å². The molecule has 0 aliphatic carbocycles. The summed E-state index contributed by atoms with van der Waals surface area (Å²) in [4.78, 5) is 25.6. The number of benzene rings is 3. The number of amides is 2. The number of nitrogens with one attached hydrogen (secondary N) is 1. The standard InChI is InChI=1S/C26H28N2O3/c1-20(28(26(30)31)19-21-11-5-2-6-12-21)25(29)27-18-17-24(22-13-7-3-8-14-22)23-15-9-4-10-16-23/h2-16,20,24H,17-19H2,1H3,(H,27,29)(H,30,31)/t20-/m1/s1. The van der Waals surface area contributed by atoms with Crippen molar-refractivity contribution in [2.24, 2.45) is 0 Å². The van der Waals surface area contributed by atoms with Gasteiger partial charge >= 0.3 is 6.09 Å². The highest BCUT2D eigenvalue weighted by Crippen LogP contribution is 2.27. The van der Waals surface area contributed by atoms with Crippen LogP contribution >= 0.6 is 0 Å². The fourth-order valence-electron chi connectivity index (χ4n) is 3.68. The maximum Gasteiger partial charge on any atom is 0.408 e. The molecule has 3 rings (SSSR count). The molecule has 0 bridgehead atoms. The second kappa shape index (κ2) is 11.0. The minimum atomic E-state index is -1.11. The van der Waals surface area contributed by atoms with Gasteiger partial charge in [-0.1, -0.05) is 91.0 Å². The first-order valence-electron chi connectivity index (χ1n) is 10.5. The van der Waals surface area contributed by atoms with Gasteiger partial charge in [-0.25, -0.2) is 4.79 Å². The molecule has 1 atom stereocenters. The number of carboxylic acid groups (broad SMARTS) is 1. The van der Waals surface area contributed by atoms with Gasteiger partial charge in [0.15, 0.2) is 0 Å². The van der Waals surface area contributed by atoms with Crippen molar-refractivity contribution in [2.75, 3.05) is 6.54 Å². The molecule has 0 saturated heterocycles. The highest BCUT2D eigenvalue weighted by atomic mass is 16.4. The third kappa shape index (κ3) is 6.19. The lowest BCUT2D eigenvalue weighted by molar-refractivity contribution is -0.125. The van der Waals surface area contributed by atoms with Crippen molar-refractivity contribution in [2.45, 2.75) is 31.8 Å². The van der Waals surface area contributed by atoms with Gasteiger partial charge in [-0.15, -0.1) is 0 Å². The Morgan fingerprint density at radius 3 is 1.81 bits per heavy atom. The van der Waals surface area contributed by atoms with Crippen molar-refractivity contribution in [3.63, 3.8) is 0 Å². The van der Waals surface area contributed by atoms with Crippen LogP contribution in [0.15, 0.2) is 91.0 Å². The first-order chi connectivity index (χ1) is 15.1. The van der Waals surface area contributed by atoms with Gasteiger partial charge in [-0.05, 0) is 30.0 Å². The second-order valence-electron chi connectivity index (χ2n) is 7.53. The Bertz CT molecular complexity index is 922. The number of carbonyl (C=O) groups excluding carboxylic acids is 1. The van der Waals surface area contributed by atoms with Crippen molar-refractivity contribution >= 4 is 12.0 Å². The largest absolute Gasteiger partial charge is 0.465 e. The Hall–Kier alpha value is -3.60. The first kappa shape index (κ1) is 22.1. The van der Waals surface area contributed by atoms with Gasteiger partial charge in [0.05, 0.1) is 0 Å². The van der Waals surface area contributed by atoms with Crippen LogP contribution < -0.4 is 5.32 Å². The molecular formula is C26H28N2O3. The molecule has 31 heavy (non-hydrogen) atoms. The Morgan fingerprint density at radius 2 is 1.32 bits per heavy atom. The summed E-state index contributed by atoms with van der Waals surface area (Å²) in [7, 11) is 0. The fourth-order valence-corrected chi connectivity index (χ4v) is 3.68. The number of hydrogen-bond donors (Lipinski definition) is 2. The average Bonchev–Trinajstić information content (AvgIpc) is 2.81. The van der Waals surface area contributed by atoms with Gasteiger partial charge in [0, 0.05) is 19.0 Å². The van der Waals surface area contributed by atoms with Crippen LogP contribution in [0.4, 0.5) is 4.79 Å². The Balaban J connectivity index is 1.63. The van der Waals surface area contributed by atoms with Crippen LogP contribution in [-0.4, -0.2) is 34.6 Å². The quantitative estimate of drug-likeness (QED) is 0.522. The Labute approximate surface area is 183 Å². The summed E-state index contributed by atoms with van der Waals surface area (Å²) < 4.78 is 0. The smallest absolute Gasteiger partial charge is 0.408 e. The van der Waals surface area contributed by atoms with E-state index in [2.05, 4.69) is 29.6 Å². The van der Waals surface area contributed by atoms with E-state index in [0.29, 0.717) is 6.54 Å². The van der Waals surface area contributed by atoms with E-state index in [0.717, 1.165) is 16.9 Å². The second-order valence-corrected chi connectivity index (χ2v) is 7.53. The van der Waals surface area contributed by atoms with E-state index in [1.54, 1.807) is 6.92 Å². The summed E-state index contributed by atoms with van der Waals surface area (Å²) in [6.45, 7) is 2.25. The zero-order valence-corrected chi connectivity index (χ0v) is 17.6. The summed E-state index contributed by atoms with van der Waals surface area (Å²) >= 11 is 0. The maximum absolute atomic E-state index is 12.7. The molecule has 160 valence electrons. The van der Waals surface area contributed by atoms with Crippen molar-refractivity contribution < 1.29 is 14.7 Å². The summed E-state index contributed by atoms with van der Waals surface area (Å²) in [6.07, 6.45) is -0.393. The molecule has 0 fully saturated rings. The number of nitrogens with zero attached hydrogens (tertiary/aromatic N) is 1. The lowest BCUT2D eigenvalue weighted by Gasteiger charge is -2.26. The predicted octanol–water partition coefficient (Wildman–Crippen LogP) is 4.89. The summed E-state index contributed by atoms with van der Waals surface area (Å²) in [6, 6.07) is 28.9. The molecule has 2 amide bonds. The molecule has 0 aliphatic heterocycles. The summed E-state index contributed by atoms with van der Waals surface area (Å²) in [5.41, 5.74) is 3.22. The average molecular weight is 417 g/mol. The Kier molecular flexibility index (Phi) is 7.82. The molecule has 2 N–H and O–H groups in total. The van der Waals surface area contributed by atoms with Crippen LogP contribution in [-0.2, 0) is 11.3 Å². The van der Waals surface area contributed by atoms with Crippen LogP contribution in [0.25, 0.3) is 0 Å². The van der Waals surface area contributed by atoms with Gasteiger partial charge in [0.25, 0.3) is 0 Å². The lowest BCUT2D eigenvalue weighted by Crippen LogP contribution is -2.47. The van der Waals surface area contributed by atoms with Crippen molar-refractivity contribution in [1.82, 2.24) is 10.2 Å². The van der Waals surface area contributed by atoms with Gasteiger partial charge in [-0.3, -0.25) is 9.69 Å². The number of hydrogen-bond acceptors (Lipinski definition) is 2. The topological polar surface area (TPSA) is 69.6 Å². The third-order valence-electron chi connectivity index (χ3n) is 5.42. The minimum Gasteiger partial charge on any atom is -0.465 e. The molecule has 0 unspecified atom stereocenters. The molecule has 0 radical (unpaired) electrons. The van der Waals surface area contributed by atoms with Crippen LogP contribution in [0, 0.1) is 0 Å². The van der Waals surface area contributed by atoms with Crippen molar-refractivity contribution in [3.05, 3.63) is 108 Å². The lowest BCUT2D eigenvalue weighted by atomic mass is 9.88. The van der Waals surface area contributed by atoms with Crippen molar-refractivity contribution in [1.29, 1.82) is 0 Å². The SMILES string of the molecule is C[C@H](C(=O)NCCC(c1ccccc1)c1ccccc1)N(Cc1ccccc1)C(=O)O. The molecule has 0 aliphatic rings. The first-order valence-corrected chi connectivity index (χ1v) is 10.5. The van der Waals surface area contributed by atoms with Gasteiger partial charge < -0.3 is 10.4 Å². The summed E-state index contributed by atoms with van der Waals surface area (Å²) in [5.74, 6) is -0.142. The highest BCUT2D eigenvalue weighted by molar-refractivity contribution is 5.84. The molecule has 0 heterocycles. The normalized spacial score (nSPS) is 11.7. The van der Waals surface area contributed by atoms with E-state index in [9.17, 15) is 14.7 Å².